The van der Waals surface area contributed by atoms with Crippen molar-refractivity contribution in [2.24, 2.45) is 0 Å². The molecule has 1 N–H and O–H groups in total. The van der Waals surface area contributed by atoms with Crippen molar-refractivity contribution in [1.29, 1.82) is 0 Å². The number of nitrogens with one attached hydrogen (secondary N) is 1. The van der Waals surface area contributed by atoms with E-state index in [1.807, 2.05) is 6.08 Å². The molecule has 1 aromatic carbocycles. The van der Waals surface area contributed by atoms with Crippen molar-refractivity contribution >= 4 is 0 Å². The maximum atomic E-state index is 3.93. The summed E-state index contributed by atoms with van der Waals surface area (Å²) < 4.78 is 0. The molecule has 0 bridgehead atoms. The van der Waals surface area contributed by atoms with Gasteiger partial charge >= 0.3 is 0 Å². The van der Waals surface area contributed by atoms with E-state index >= 15 is 0 Å². The van der Waals surface area contributed by atoms with E-state index in [9.17, 15) is 0 Å². The van der Waals surface area contributed by atoms with Crippen LogP contribution in [-0.4, -0.2) is 30.1 Å². The highest BCUT2D eigenvalue weighted by Crippen LogP contribution is 2.34. The fraction of sp³-hybridized carbons (Fsp3) is 0.529. The van der Waals surface area contributed by atoms with Crippen LogP contribution in [0.5, 0.6) is 0 Å². The third kappa shape index (κ3) is 3.46. The maximum absolute atomic E-state index is 3.93. The summed E-state index contributed by atoms with van der Waals surface area (Å²) in [6, 6.07) is 13.0. The Hall–Kier alpha value is -1.12. The van der Waals surface area contributed by atoms with Gasteiger partial charge in [0.2, 0.25) is 0 Å². The molecule has 1 atom stereocenters. The van der Waals surface area contributed by atoms with Crippen LogP contribution in [0, 0.1) is 0 Å². The van der Waals surface area contributed by atoms with Crippen molar-refractivity contribution < 1.29 is 0 Å². The topological polar surface area (TPSA) is 15.3 Å². The molecule has 0 aliphatic heterocycles. The first-order chi connectivity index (χ1) is 9.38. The van der Waals surface area contributed by atoms with Crippen LogP contribution in [0.4, 0.5) is 0 Å². The van der Waals surface area contributed by atoms with Gasteiger partial charge in [-0.15, -0.1) is 6.58 Å². The molecule has 0 amide bonds. The molecular formula is C17H24N2. The molecule has 3 rings (SSSR count). The first kappa shape index (κ1) is 12.9. The predicted octanol–water partition coefficient (Wildman–Crippen LogP) is 3.13. The molecule has 0 heterocycles. The molecule has 2 nitrogen and oxygen atoms in total. The van der Waals surface area contributed by atoms with E-state index < -0.39 is 0 Å². The molecule has 0 saturated heterocycles. The quantitative estimate of drug-likeness (QED) is 0.719. The molecule has 2 saturated carbocycles. The number of benzene rings is 1. The molecule has 19 heavy (non-hydrogen) atoms. The van der Waals surface area contributed by atoms with E-state index in [-0.39, 0.29) is 0 Å². The number of hydrogen-bond donors (Lipinski definition) is 1. The fourth-order valence-corrected chi connectivity index (χ4v) is 2.75. The van der Waals surface area contributed by atoms with Gasteiger partial charge in [0.25, 0.3) is 0 Å². The predicted molar refractivity (Wildman–Crippen MR) is 80.1 cm³/mol. The first-order valence-electron chi connectivity index (χ1n) is 7.53. The second kappa shape index (κ2) is 5.89. The molecule has 1 aromatic rings. The Morgan fingerprint density at radius 1 is 1.21 bits per heavy atom. The lowest BCUT2D eigenvalue weighted by Crippen LogP contribution is -2.38. The molecule has 0 radical (unpaired) electrons. The van der Waals surface area contributed by atoms with Crippen molar-refractivity contribution in [1.82, 2.24) is 10.2 Å². The van der Waals surface area contributed by atoms with Crippen LogP contribution in [0.1, 0.15) is 37.3 Å². The van der Waals surface area contributed by atoms with Gasteiger partial charge in [0.1, 0.15) is 0 Å². The van der Waals surface area contributed by atoms with Crippen molar-refractivity contribution in [3.05, 3.63) is 48.6 Å². The minimum atomic E-state index is 0.493. The zero-order valence-electron chi connectivity index (χ0n) is 11.6. The number of rotatable bonds is 8. The molecule has 2 aliphatic rings. The molecule has 0 aromatic heterocycles. The van der Waals surface area contributed by atoms with Gasteiger partial charge in [0, 0.05) is 31.2 Å². The summed E-state index contributed by atoms with van der Waals surface area (Å²) in [5.74, 6) is 0. The normalized spacial score (nSPS) is 20.5. The van der Waals surface area contributed by atoms with Gasteiger partial charge in [-0.1, -0.05) is 36.4 Å². The lowest BCUT2D eigenvalue weighted by atomic mass is 10.0. The number of nitrogens with zero attached hydrogens (tertiary/aromatic N) is 1. The molecule has 2 heteroatoms. The standard InChI is InChI=1S/C17H24N2/c1-2-12-19(16-10-11-16)17(13-18-15-8-9-15)14-6-4-3-5-7-14/h2-7,15-18H,1,8-13H2. The fourth-order valence-electron chi connectivity index (χ4n) is 2.75. The van der Waals surface area contributed by atoms with Crippen LogP contribution in [0.15, 0.2) is 43.0 Å². The van der Waals surface area contributed by atoms with Crippen LogP contribution in [-0.2, 0) is 0 Å². The van der Waals surface area contributed by atoms with Crippen LogP contribution >= 0.6 is 0 Å². The third-order valence-corrected chi connectivity index (χ3v) is 4.12. The second-order valence-corrected chi connectivity index (χ2v) is 5.83. The zero-order valence-corrected chi connectivity index (χ0v) is 11.6. The Balaban J connectivity index is 1.74. The smallest absolute Gasteiger partial charge is 0.0478 e. The summed E-state index contributed by atoms with van der Waals surface area (Å²) in [7, 11) is 0. The average Bonchev–Trinajstić information content (AvgIpc) is 3.31. The van der Waals surface area contributed by atoms with Crippen LogP contribution in [0.25, 0.3) is 0 Å². The summed E-state index contributed by atoms with van der Waals surface area (Å²) >= 11 is 0. The highest BCUT2D eigenvalue weighted by atomic mass is 15.2. The van der Waals surface area contributed by atoms with Crippen molar-refractivity contribution in [3.63, 3.8) is 0 Å². The Morgan fingerprint density at radius 2 is 1.95 bits per heavy atom. The largest absolute Gasteiger partial charge is 0.312 e. The Kier molecular flexibility index (Phi) is 4.00. The van der Waals surface area contributed by atoms with Crippen molar-refractivity contribution in [2.45, 2.75) is 43.8 Å². The van der Waals surface area contributed by atoms with E-state index in [1.54, 1.807) is 0 Å². The van der Waals surface area contributed by atoms with Gasteiger partial charge in [0.15, 0.2) is 0 Å². The van der Waals surface area contributed by atoms with E-state index in [0.29, 0.717) is 6.04 Å². The van der Waals surface area contributed by atoms with Gasteiger partial charge in [-0.05, 0) is 31.2 Å². The van der Waals surface area contributed by atoms with Gasteiger partial charge in [-0.3, -0.25) is 4.90 Å². The van der Waals surface area contributed by atoms with E-state index in [1.165, 1.54) is 31.2 Å². The highest BCUT2D eigenvalue weighted by molar-refractivity contribution is 5.20. The summed E-state index contributed by atoms with van der Waals surface area (Å²) in [6.45, 7) is 6.00. The second-order valence-electron chi connectivity index (χ2n) is 5.83. The molecule has 1 unspecified atom stereocenters. The summed E-state index contributed by atoms with van der Waals surface area (Å²) in [6.07, 6.45) is 7.45. The summed E-state index contributed by atoms with van der Waals surface area (Å²) in [5.41, 5.74) is 1.43. The van der Waals surface area contributed by atoms with Crippen LogP contribution < -0.4 is 5.32 Å². The minimum Gasteiger partial charge on any atom is -0.312 e. The lowest BCUT2D eigenvalue weighted by Gasteiger charge is -2.31. The first-order valence-corrected chi connectivity index (χ1v) is 7.53. The lowest BCUT2D eigenvalue weighted by molar-refractivity contribution is 0.203. The maximum Gasteiger partial charge on any atom is 0.0478 e. The van der Waals surface area contributed by atoms with Gasteiger partial charge < -0.3 is 5.32 Å². The Morgan fingerprint density at radius 3 is 2.53 bits per heavy atom. The van der Waals surface area contributed by atoms with E-state index in [4.69, 9.17) is 0 Å². The molecular weight excluding hydrogens is 232 g/mol. The molecule has 0 spiro atoms. The molecule has 2 aliphatic carbocycles. The molecule has 102 valence electrons. The zero-order chi connectivity index (χ0) is 13.1. The summed E-state index contributed by atoms with van der Waals surface area (Å²) in [5, 5.41) is 3.70. The van der Waals surface area contributed by atoms with Crippen molar-refractivity contribution in [3.8, 4) is 0 Å². The Bertz CT molecular complexity index is 407. The average molecular weight is 256 g/mol. The van der Waals surface area contributed by atoms with Crippen molar-refractivity contribution in [2.75, 3.05) is 13.1 Å². The number of hydrogen-bond acceptors (Lipinski definition) is 2. The van der Waals surface area contributed by atoms with Gasteiger partial charge in [0.05, 0.1) is 0 Å². The molecule has 2 fully saturated rings. The van der Waals surface area contributed by atoms with Crippen LogP contribution in [0.2, 0.25) is 0 Å². The van der Waals surface area contributed by atoms with E-state index in [0.717, 1.165) is 25.2 Å². The van der Waals surface area contributed by atoms with E-state index in [2.05, 4.69) is 47.1 Å². The van der Waals surface area contributed by atoms with Crippen LogP contribution in [0.3, 0.4) is 0 Å². The van der Waals surface area contributed by atoms with Gasteiger partial charge in [-0.2, -0.15) is 0 Å². The summed E-state index contributed by atoms with van der Waals surface area (Å²) in [4.78, 5) is 2.62. The monoisotopic (exact) mass is 256 g/mol. The highest BCUT2D eigenvalue weighted by Gasteiger charge is 2.34. The SMILES string of the molecule is C=CCN(C1CC1)C(CNC1CC1)c1ccccc1. The third-order valence-electron chi connectivity index (χ3n) is 4.12. The van der Waals surface area contributed by atoms with Gasteiger partial charge in [-0.25, -0.2) is 0 Å². The minimum absolute atomic E-state index is 0.493. The Labute approximate surface area is 116 Å².